The minimum absolute atomic E-state index is 0.00542. The Kier molecular flexibility index (Phi) is 6.83. The number of aromatic amines is 1. The van der Waals surface area contributed by atoms with Gasteiger partial charge in [-0.3, -0.25) is 13.9 Å². The van der Waals surface area contributed by atoms with Gasteiger partial charge in [0, 0.05) is 18.3 Å². The zero-order valence-electron chi connectivity index (χ0n) is 18.7. The van der Waals surface area contributed by atoms with E-state index >= 15 is 0 Å². The molecule has 1 N–H and O–H groups in total. The van der Waals surface area contributed by atoms with E-state index in [2.05, 4.69) is 4.98 Å². The molecular weight excluding hydrogens is 444 g/mol. The van der Waals surface area contributed by atoms with Crippen molar-refractivity contribution < 1.29 is 27.5 Å². The van der Waals surface area contributed by atoms with Crippen molar-refractivity contribution in [3.63, 3.8) is 0 Å². The largest absolute Gasteiger partial charge is 0.454 e. The van der Waals surface area contributed by atoms with Crippen molar-refractivity contribution in [2.24, 2.45) is 0 Å². The van der Waals surface area contributed by atoms with Crippen molar-refractivity contribution in [2.45, 2.75) is 25.7 Å². The minimum Gasteiger partial charge on any atom is -0.454 e. The van der Waals surface area contributed by atoms with Crippen molar-refractivity contribution in [2.75, 3.05) is 18.0 Å². The lowest BCUT2D eigenvalue weighted by atomic mass is 10.1. The Labute approximate surface area is 192 Å². The second-order valence-corrected chi connectivity index (χ2v) is 9.49. The predicted octanol–water partition coefficient (Wildman–Crippen LogP) is 3.70. The van der Waals surface area contributed by atoms with Gasteiger partial charge in [-0.15, -0.1) is 0 Å². The Morgan fingerprint density at radius 2 is 1.67 bits per heavy atom. The molecule has 33 heavy (non-hydrogen) atoms. The lowest BCUT2D eigenvalue weighted by Crippen LogP contribution is -2.26. The number of hydrogen-bond donors (Lipinski definition) is 1. The smallest absolute Gasteiger partial charge is 0.338 e. The first-order chi connectivity index (χ1) is 15.5. The lowest BCUT2D eigenvalue weighted by Gasteiger charge is -2.19. The zero-order valence-corrected chi connectivity index (χ0v) is 19.5. The normalized spacial score (nSPS) is 11.2. The van der Waals surface area contributed by atoms with Gasteiger partial charge in [-0.25, -0.2) is 13.2 Å². The van der Waals surface area contributed by atoms with Crippen LogP contribution in [0.4, 0.5) is 5.69 Å². The molecule has 0 saturated heterocycles. The van der Waals surface area contributed by atoms with Crippen LogP contribution in [0.5, 0.6) is 0 Å². The second kappa shape index (κ2) is 9.41. The summed E-state index contributed by atoms with van der Waals surface area (Å²) in [7, 11) is -2.50. The number of ether oxygens (including phenoxy) is 1. The summed E-state index contributed by atoms with van der Waals surface area (Å²) in [6.07, 6.45) is 0. The van der Waals surface area contributed by atoms with Gasteiger partial charge in [0.1, 0.15) is 0 Å². The highest BCUT2D eigenvalue weighted by Gasteiger charge is 2.24. The van der Waals surface area contributed by atoms with E-state index in [1.807, 2.05) is 0 Å². The zero-order chi connectivity index (χ0) is 24.3. The standard InChI is InChI=1S/C24H24N2O6S/c1-15-22(17(3)27)16(2)25-23(15)21(28)14-32-24(29)18-9-8-12-20(13-18)33(30,31)26(4)19-10-6-5-7-11-19/h5-13,25H,14H2,1-4H3. The van der Waals surface area contributed by atoms with Crippen LogP contribution >= 0.6 is 0 Å². The number of sulfonamides is 1. The first-order valence-electron chi connectivity index (χ1n) is 10.1. The van der Waals surface area contributed by atoms with E-state index in [1.165, 1.54) is 38.2 Å². The average molecular weight is 469 g/mol. The van der Waals surface area contributed by atoms with E-state index in [0.717, 1.165) is 4.31 Å². The molecule has 3 rings (SSSR count). The van der Waals surface area contributed by atoms with Gasteiger partial charge in [-0.1, -0.05) is 24.3 Å². The van der Waals surface area contributed by atoms with Crippen molar-refractivity contribution in [1.29, 1.82) is 0 Å². The molecule has 2 aromatic carbocycles. The molecule has 0 amide bonds. The summed E-state index contributed by atoms with van der Waals surface area (Å²) in [5.74, 6) is -1.50. The topological polar surface area (TPSA) is 114 Å². The molecular formula is C24H24N2O6S. The Bertz CT molecular complexity index is 1330. The number of anilines is 1. The molecule has 0 aliphatic carbocycles. The first-order valence-corrected chi connectivity index (χ1v) is 11.5. The van der Waals surface area contributed by atoms with Crippen molar-refractivity contribution in [1.82, 2.24) is 4.98 Å². The summed E-state index contributed by atoms with van der Waals surface area (Å²) in [4.78, 5) is 39.6. The maximum absolute atomic E-state index is 13.0. The van der Waals surface area contributed by atoms with E-state index in [9.17, 15) is 22.8 Å². The number of hydrogen-bond acceptors (Lipinski definition) is 6. The van der Waals surface area contributed by atoms with Crippen LogP contribution < -0.4 is 4.31 Å². The van der Waals surface area contributed by atoms with Crippen LogP contribution in [0.25, 0.3) is 0 Å². The number of ketones is 2. The van der Waals surface area contributed by atoms with E-state index in [0.29, 0.717) is 22.5 Å². The highest BCUT2D eigenvalue weighted by atomic mass is 32.2. The maximum Gasteiger partial charge on any atom is 0.338 e. The molecule has 0 unspecified atom stereocenters. The third-order valence-electron chi connectivity index (χ3n) is 5.25. The van der Waals surface area contributed by atoms with E-state index in [4.69, 9.17) is 4.74 Å². The average Bonchev–Trinajstić information content (AvgIpc) is 3.11. The summed E-state index contributed by atoms with van der Waals surface area (Å²) in [6.45, 7) is 4.18. The van der Waals surface area contributed by atoms with Gasteiger partial charge in [-0.2, -0.15) is 0 Å². The van der Waals surface area contributed by atoms with Gasteiger partial charge in [-0.05, 0) is 56.7 Å². The summed E-state index contributed by atoms with van der Waals surface area (Å²) in [5, 5.41) is 0. The third kappa shape index (κ3) is 4.88. The number of carbonyl (C=O) groups is 3. The van der Waals surface area contributed by atoms with Crippen LogP contribution in [0.1, 0.15) is 49.4 Å². The van der Waals surface area contributed by atoms with Crippen LogP contribution in [-0.2, 0) is 14.8 Å². The van der Waals surface area contributed by atoms with Gasteiger partial charge in [0.2, 0.25) is 5.78 Å². The fourth-order valence-corrected chi connectivity index (χ4v) is 4.80. The van der Waals surface area contributed by atoms with Crippen LogP contribution in [0.3, 0.4) is 0 Å². The van der Waals surface area contributed by atoms with Gasteiger partial charge >= 0.3 is 5.97 Å². The summed E-state index contributed by atoms with van der Waals surface area (Å²) < 4.78 is 32.2. The predicted molar refractivity (Wildman–Crippen MR) is 123 cm³/mol. The van der Waals surface area contributed by atoms with Crippen LogP contribution in [0.2, 0.25) is 0 Å². The Morgan fingerprint density at radius 1 is 1.00 bits per heavy atom. The highest BCUT2D eigenvalue weighted by molar-refractivity contribution is 7.92. The monoisotopic (exact) mass is 468 g/mol. The molecule has 0 spiro atoms. The number of carbonyl (C=O) groups excluding carboxylic acids is 3. The van der Waals surface area contributed by atoms with Crippen molar-refractivity contribution >= 4 is 33.2 Å². The maximum atomic E-state index is 13.0. The molecule has 9 heteroatoms. The molecule has 0 atom stereocenters. The highest BCUT2D eigenvalue weighted by Crippen LogP contribution is 2.23. The molecule has 1 heterocycles. The van der Waals surface area contributed by atoms with E-state index in [1.54, 1.807) is 44.2 Å². The van der Waals surface area contributed by atoms with E-state index < -0.39 is 28.4 Å². The van der Waals surface area contributed by atoms with E-state index in [-0.39, 0.29) is 21.9 Å². The first kappa shape index (κ1) is 23.9. The van der Waals surface area contributed by atoms with Crippen LogP contribution in [0.15, 0.2) is 59.5 Å². The van der Waals surface area contributed by atoms with Gasteiger partial charge in [0.05, 0.1) is 21.8 Å². The number of nitrogens with zero attached hydrogens (tertiary/aromatic N) is 1. The van der Waals surface area contributed by atoms with Gasteiger partial charge < -0.3 is 9.72 Å². The number of aromatic nitrogens is 1. The molecule has 0 bridgehead atoms. The number of aryl methyl sites for hydroxylation is 1. The molecule has 0 fully saturated rings. The molecule has 0 saturated carbocycles. The molecule has 172 valence electrons. The molecule has 8 nitrogen and oxygen atoms in total. The van der Waals surface area contributed by atoms with Crippen molar-refractivity contribution in [3.05, 3.63) is 82.7 Å². The third-order valence-corrected chi connectivity index (χ3v) is 7.03. The van der Waals surface area contributed by atoms with Crippen LogP contribution in [0, 0.1) is 13.8 Å². The Balaban J connectivity index is 1.76. The fraction of sp³-hybridized carbons (Fsp3) is 0.208. The number of Topliss-reactive ketones (excluding diaryl/α,β-unsaturated/α-hetero) is 2. The van der Waals surface area contributed by atoms with Gasteiger partial charge in [0.15, 0.2) is 12.4 Å². The number of benzene rings is 2. The number of nitrogens with one attached hydrogen (secondary N) is 1. The minimum atomic E-state index is -3.92. The molecule has 0 aliphatic rings. The summed E-state index contributed by atoms with van der Waals surface area (Å²) >= 11 is 0. The number of para-hydroxylation sites is 1. The number of H-pyrrole nitrogens is 1. The molecule has 3 aromatic rings. The van der Waals surface area contributed by atoms with Crippen molar-refractivity contribution in [3.8, 4) is 0 Å². The second-order valence-electron chi connectivity index (χ2n) is 7.52. The van der Waals surface area contributed by atoms with Crippen LogP contribution in [-0.4, -0.2) is 44.6 Å². The molecule has 1 aromatic heterocycles. The number of rotatable bonds is 8. The quantitative estimate of drug-likeness (QED) is 0.398. The molecule has 0 aliphatic heterocycles. The Hall–Kier alpha value is -3.72. The summed E-state index contributed by atoms with van der Waals surface area (Å²) in [6, 6.07) is 14.0. The lowest BCUT2D eigenvalue weighted by molar-refractivity contribution is 0.0473. The number of esters is 1. The Morgan fingerprint density at radius 3 is 2.27 bits per heavy atom. The molecule has 0 radical (unpaired) electrons. The van der Waals surface area contributed by atoms with Gasteiger partial charge in [0.25, 0.3) is 10.0 Å². The fourth-order valence-electron chi connectivity index (χ4n) is 3.56. The summed E-state index contributed by atoms with van der Waals surface area (Å²) in [5.41, 5.74) is 2.16. The SMILES string of the molecule is CC(=O)c1c(C)[nH]c(C(=O)COC(=O)c2cccc(S(=O)(=O)N(C)c3ccccc3)c2)c1C.